The van der Waals surface area contributed by atoms with Gasteiger partial charge in [-0.15, -0.1) is 0 Å². The Morgan fingerprint density at radius 3 is 1.56 bits per heavy atom. The molecule has 1 aromatic heterocycles. The third kappa shape index (κ3) is 12.7. The first-order valence-electron chi connectivity index (χ1n) is 34.5. The first-order valence-corrected chi connectivity index (χ1v) is 34.5. The largest absolute Gasteiger partial charge is 0.493 e. The molecular formula is C84H100N2O. The van der Waals surface area contributed by atoms with Gasteiger partial charge in [0.2, 0.25) is 0 Å². The zero-order valence-corrected chi connectivity index (χ0v) is 54.4. The number of hydrogen-bond donors (Lipinski definition) is 0. The monoisotopic (exact) mass is 1150 g/mol. The van der Waals surface area contributed by atoms with Gasteiger partial charge in [0.05, 0.1) is 23.2 Å². The number of aromatic nitrogens is 2. The molecule has 1 heterocycles. The van der Waals surface area contributed by atoms with Gasteiger partial charge in [0.25, 0.3) is 0 Å². The van der Waals surface area contributed by atoms with E-state index in [0.717, 1.165) is 42.0 Å². The van der Waals surface area contributed by atoms with Crippen molar-refractivity contribution in [3.05, 3.63) is 203 Å². The van der Waals surface area contributed by atoms with Crippen molar-refractivity contribution in [3.63, 3.8) is 0 Å². The molecule has 3 nitrogen and oxygen atoms in total. The fourth-order valence-corrected chi connectivity index (χ4v) is 15.0. The molecule has 87 heavy (non-hydrogen) atoms. The highest BCUT2D eigenvalue weighted by atomic mass is 16.5. The van der Waals surface area contributed by atoms with Crippen molar-refractivity contribution in [2.45, 2.75) is 219 Å². The summed E-state index contributed by atoms with van der Waals surface area (Å²) in [6.45, 7) is 20.5. The van der Waals surface area contributed by atoms with Crippen LogP contribution in [0.3, 0.4) is 0 Å². The number of unbranched alkanes of at least 4 members (excludes halogenated alkanes) is 16. The molecule has 11 rings (SSSR count). The molecule has 0 fully saturated rings. The Bertz CT molecular complexity index is 3900. The molecule has 0 saturated heterocycles. The number of ether oxygens (including phenoxy) is 1. The van der Waals surface area contributed by atoms with E-state index in [0.29, 0.717) is 6.61 Å². The summed E-state index contributed by atoms with van der Waals surface area (Å²) in [6.07, 6.45) is 27.2. The third-order valence-corrected chi connectivity index (χ3v) is 20.5. The van der Waals surface area contributed by atoms with E-state index in [1.54, 1.807) is 11.1 Å². The number of aryl methyl sites for hydroxylation is 1. The summed E-state index contributed by atoms with van der Waals surface area (Å²) < 4.78 is 9.59. The Morgan fingerprint density at radius 2 is 0.908 bits per heavy atom. The predicted octanol–water partition coefficient (Wildman–Crippen LogP) is 24.8. The SMILES string of the molecule is CCCCCCCCC1(CCCCCCCC)c2cc(-c3ccc4c5ccc(C(C)(C)c6ccccc6)cc5c5c(nc(-c6c(OCCCCCC)ccc7ccccc67)n5CCCCCC)c4c3)ccc2-c2ccc(C(C)(C)c3ccccc3)cc21. The van der Waals surface area contributed by atoms with Crippen LogP contribution < -0.4 is 4.74 Å². The number of imidazole rings is 1. The van der Waals surface area contributed by atoms with Crippen LogP contribution in [0.1, 0.15) is 230 Å². The molecule has 0 spiro atoms. The number of rotatable bonds is 31. The van der Waals surface area contributed by atoms with Crippen LogP contribution in [0.5, 0.6) is 5.75 Å². The van der Waals surface area contributed by atoms with Crippen molar-refractivity contribution in [2.24, 2.45) is 0 Å². The average molecular weight is 1150 g/mol. The van der Waals surface area contributed by atoms with E-state index in [4.69, 9.17) is 9.72 Å². The van der Waals surface area contributed by atoms with Gasteiger partial charge in [-0.25, -0.2) is 4.98 Å². The van der Waals surface area contributed by atoms with Crippen molar-refractivity contribution in [3.8, 4) is 39.4 Å². The van der Waals surface area contributed by atoms with Crippen LogP contribution in [-0.4, -0.2) is 16.2 Å². The van der Waals surface area contributed by atoms with E-state index < -0.39 is 0 Å². The molecule has 1 aliphatic rings. The maximum Gasteiger partial charge on any atom is 0.145 e. The maximum atomic E-state index is 6.96. The second-order valence-electron chi connectivity index (χ2n) is 27.1. The number of nitrogens with zero attached hydrogens (tertiary/aromatic N) is 2. The molecule has 452 valence electrons. The van der Waals surface area contributed by atoms with E-state index >= 15 is 0 Å². The molecule has 0 radical (unpaired) electrons. The molecule has 10 aromatic rings. The lowest BCUT2D eigenvalue weighted by atomic mass is 9.68. The molecule has 9 aromatic carbocycles. The van der Waals surface area contributed by atoms with Gasteiger partial charge in [-0.2, -0.15) is 0 Å². The van der Waals surface area contributed by atoms with Gasteiger partial charge in [0, 0.05) is 33.6 Å². The van der Waals surface area contributed by atoms with Crippen LogP contribution in [0, 0.1) is 0 Å². The highest BCUT2D eigenvalue weighted by Gasteiger charge is 2.43. The van der Waals surface area contributed by atoms with E-state index in [1.165, 1.54) is 211 Å². The Hall–Kier alpha value is -6.97. The van der Waals surface area contributed by atoms with Gasteiger partial charge in [-0.05, 0) is 127 Å². The zero-order chi connectivity index (χ0) is 60.4. The summed E-state index contributed by atoms with van der Waals surface area (Å²) in [5, 5.41) is 7.40. The lowest BCUT2D eigenvalue weighted by molar-refractivity contribution is 0.306. The lowest BCUT2D eigenvalue weighted by Gasteiger charge is -2.35. The van der Waals surface area contributed by atoms with Gasteiger partial charge in [-0.1, -0.05) is 317 Å². The summed E-state index contributed by atoms with van der Waals surface area (Å²) in [5.41, 5.74) is 16.9. The van der Waals surface area contributed by atoms with E-state index in [9.17, 15) is 0 Å². The number of fused-ring (bicyclic) bond motifs is 10. The highest BCUT2D eigenvalue weighted by molar-refractivity contribution is 6.25. The Labute approximate surface area is 523 Å². The molecule has 0 unspecified atom stereocenters. The van der Waals surface area contributed by atoms with Gasteiger partial charge in [-0.3, -0.25) is 0 Å². The van der Waals surface area contributed by atoms with Crippen LogP contribution >= 0.6 is 0 Å². The van der Waals surface area contributed by atoms with Crippen LogP contribution in [0.15, 0.2) is 170 Å². The highest BCUT2D eigenvalue weighted by Crippen LogP contribution is 2.56. The third-order valence-electron chi connectivity index (χ3n) is 20.5. The van der Waals surface area contributed by atoms with E-state index in [1.807, 2.05) is 0 Å². The minimum absolute atomic E-state index is 0.0792. The molecular weight excluding hydrogens is 1050 g/mol. The first-order chi connectivity index (χ1) is 42.5. The number of benzene rings is 9. The predicted molar refractivity (Wildman–Crippen MR) is 376 cm³/mol. The summed E-state index contributed by atoms with van der Waals surface area (Å²) in [4.78, 5) is 6.07. The van der Waals surface area contributed by atoms with Gasteiger partial charge in [0.1, 0.15) is 11.6 Å². The van der Waals surface area contributed by atoms with Crippen LogP contribution in [-0.2, 0) is 22.8 Å². The molecule has 0 saturated carbocycles. The van der Waals surface area contributed by atoms with Crippen LogP contribution in [0.4, 0.5) is 0 Å². The van der Waals surface area contributed by atoms with Gasteiger partial charge in [0.15, 0.2) is 0 Å². The average Bonchev–Trinajstić information content (AvgIpc) is 1.64. The van der Waals surface area contributed by atoms with Gasteiger partial charge < -0.3 is 9.30 Å². The second kappa shape index (κ2) is 28.0. The first kappa shape index (κ1) is 61.7. The fraction of sp³-hybridized carbons (Fsp3) is 0.417. The van der Waals surface area contributed by atoms with Gasteiger partial charge >= 0.3 is 0 Å². The van der Waals surface area contributed by atoms with Crippen LogP contribution in [0.2, 0.25) is 0 Å². The van der Waals surface area contributed by atoms with Crippen molar-refractivity contribution >= 4 is 43.4 Å². The van der Waals surface area contributed by atoms with Crippen molar-refractivity contribution in [2.75, 3.05) is 6.61 Å². The standard InChI is InChI=1S/C84H100N2O/c1-9-13-17-21-23-33-53-84(54-34-24-22-18-14-10-2)75-58-63(44-49-71(75)72-51-47-67(60-76(72)84)83(7,8)65-40-29-26-30-41-65)62-43-48-69-70-50-46-66(82(5,6)64-38-27-25-28-39-64)59-74(70)80-79(73(69)57-62)85-81(86(80)55-35-19-15-11-3)78-68-42-32-31-37-61(68)45-52-77(78)87-56-36-20-16-12-4/h25-32,37-52,57-60H,9-24,33-36,53-56H2,1-8H3. The Balaban J connectivity index is 1.13. The zero-order valence-electron chi connectivity index (χ0n) is 54.4. The molecule has 0 amide bonds. The topological polar surface area (TPSA) is 27.1 Å². The van der Waals surface area contributed by atoms with E-state index in [-0.39, 0.29) is 16.2 Å². The Morgan fingerprint density at radius 1 is 0.402 bits per heavy atom. The minimum Gasteiger partial charge on any atom is -0.493 e. The van der Waals surface area contributed by atoms with E-state index in [2.05, 4.69) is 230 Å². The normalized spacial score (nSPS) is 13.1. The number of hydrogen-bond acceptors (Lipinski definition) is 2. The summed E-state index contributed by atoms with van der Waals surface area (Å²) in [7, 11) is 0. The summed E-state index contributed by atoms with van der Waals surface area (Å²) in [6, 6.07) is 65.7. The summed E-state index contributed by atoms with van der Waals surface area (Å²) in [5.74, 6) is 1.93. The molecule has 0 bridgehead atoms. The smallest absolute Gasteiger partial charge is 0.145 e. The van der Waals surface area contributed by atoms with Crippen molar-refractivity contribution in [1.29, 1.82) is 0 Å². The fourth-order valence-electron chi connectivity index (χ4n) is 15.0. The quantitative estimate of drug-likeness (QED) is 0.0320. The second-order valence-corrected chi connectivity index (χ2v) is 27.1. The Kier molecular flexibility index (Phi) is 19.9. The molecule has 0 aliphatic heterocycles. The maximum absolute atomic E-state index is 6.96. The molecule has 0 atom stereocenters. The minimum atomic E-state index is -0.226. The lowest BCUT2D eigenvalue weighted by Crippen LogP contribution is -2.27. The molecule has 3 heteroatoms. The summed E-state index contributed by atoms with van der Waals surface area (Å²) >= 11 is 0. The van der Waals surface area contributed by atoms with Crippen molar-refractivity contribution < 1.29 is 4.74 Å². The molecule has 0 N–H and O–H groups in total. The van der Waals surface area contributed by atoms with Crippen molar-refractivity contribution in [1.82, 2.24) is 9.55 Å². The van der Waals surface area contributed by atoms with Crippen LogP contribution in [0.25, 0.3) is 77.0 Å². The molecule has 1 aliphatic carbocycles.